The SMILES string of the molecule is Cc1ccc(Nc2c(NS(=O)C3CC3c3ccc(Cl)cc3Cl)cc(C)c(=O)n2C)c(F)c1. The first kappa shape index (κ1) is 22.8. The Morgan fingerprint density at radius 1 is 1.09 bits per heavy atom. The van der Waals surface area contributed by atoms with Gasteiger partial charge in [0.1, 0.15) is 22.6 Å². The number of anilines is 3. The van der Waals surface area contributed by atoms with Gasteiger partial charge in [0.05, 0.1) is 16.6 Å². The van der Waals surface area contributed by atoms with Crippen LogP contribution in [0.5, 0.6) is 0 Å². The summed E-state index contributed by atoms with van der Waals surface area (Å²) in [6.45, 7) is 3.48. The van der Waals surface area contributed by atoms with E-state index in [2.05, 4.69) is 10.0 Å². The van der Waals surface area contributed by atoms with Crippen molar-refractivity contribution >= 4 is 51.4 Å². The Balaban J connectivity index is 1.61. The summed E-state index contributed by atoms with van der Waals surface area (Å²) in [6.07, 6.45) is 0.709. The van der Waals surface area contributed by atoms with Crippen LogP contribution in [0.1, 0.15) is 29.0 Å². The number of nitrogens with zero attached hydrogens (tertiary/aromatic N) is 1. The summed E-state index contributed by atoms with van der Waals surface area (Å²) in [4.78, 5) is 12.5. The van der Waals surface area contributed by atoms with Gasteiger partial charge in [-0.1, -0.05) is 35.3 Å². The standard InChI is InChI=1S/C23H22Cl2FN3O2S/c1-12-4-7-19(18(26)8-12)27-22-20(9-13(2)23(30)29(22)3)28-32(31)21-11-16(21)15-6-5-14(24)10-17(15)25/h4-10,16,21,27-28H,11H2,1-3H3. The number of benzene rings is 2. The molecular weight excluding hydrogens is 472 g/mol. The Morgan fingerprint density at radius 3 is 2.53 bits per heavy atom. The minimum absolute atomic E-state index is 0.0488. The van der Waals surface area contributed by atoms with Crippen LogP contribution in [0.4, 0.5) is 21.6 Å². The van der Waals surface area contributed by atoms with E-state index in [-0.39, 0.29) is 22.4 Å². The molecule has 1 aliphatic rings. The van der Waals surface area contributed by atoms with Gasteiger partial charge in [0.25, 0.3) is 5.56 Å². The maximum Gasteiger partial charge on any atom is 0.254 e. The Kier molecular flexibility index (Phi) is 6.34. The van der Waals surface area contributed by atoms with Gasteiger partial charge in [0, 0.05) is 28.6 Å². The third-order valence-electron chi connectivity index (χ3n) is 5.55. The zero-order valence-corrected chi connectivity index (χ0v) is 20.0. The number of hydrogen-bond donors (Lipinski definition) is 2. The summed E-state index contributed by atoms with van der Waals surface area (Å²) < 4.78 is 31.9. The predicted molar refractivity (Wildman–Crippen MR) is 130 cm³/mol. The van der Waals surface area contributed by atoms with Crippen LogP contribution in [0.2, 0.25) is 10.0 Å². The van der Waals surface area contributed by atoms with E-state index in [1.54, 1.807) is 51.2 Å². The highest BCUT2D eigenvalue weighted by molar-refractivity contribution is 7.87. The van der Waals surface area contributed by atoms with Crippen molar-refractivity contribution in [2.24, 2.45) is 7.05 Å². The van der Waals surface area contributed by atoms with Crippen LogP contribution >= 0.6 is 23.2 Å². The van der Waals surface area contributed by atoms with Gasteiger partial charge in [0.15, 0.2) is 0 Å². The third kappa shape index (κ3) is 4.56. The molecule has 1 fully saturated rings. The monoisotopic (exact) mass is 493 g/mol. The molecule has 1 aliphatic carbocycles. The van der Waals surface area contributed by atoms with Crippen LogP contribution < -0.4 is 15.6 Å². The fourth-order valence-corrected chi connectivity index (χ4v) is 5.59. The average molecular weight is 494 g/mol. The van der Waals surface area contributed by atoms with Gasteiger partial charge in [-0.2, -0.15) is 0 Å². The fraction of sp³-hybridized carbons (Fsp3) is 0.261. The summed E-state index contributed by atoms with van der Waals surface area (Å²) in [7, 11) is 0.142. The molecule has 0 aliphatic heterocycles. The average Bonchev–Trinajstić information content (AvgIpc) is 3.51. The fourth-order valence-electron chi connectivity index (χ4n) is 3.69. The van der Waals surface area contributed by atoms with E-state index in [0.717, 1.165) is 11.1 Å². The molecule has 0 amide bonds. The highest BCUT2D eigenvalue weighted by atomic mass is 35.5. The summed E-state index contributed by atoms with van der Waals surface area (Å²) in [5.74, 6) is -0.0594. The lowest BCUT2D eigenvalue weighted by atomic mass is 10.1. The van der Waals surface area contributed by atoms with Crippen LogP contribution in [0.3, 0.4) is 0 Å². The molecule has 1 saturated carbocycles. The number of aromatic nitrogens is 1. The molecule has 2 N–H and O–H groups in total. The van der Waals surface area contributed by atoms with Gasteiger partial charge in [-0.3, -0.25) is 9.36 Å². The normalized spacial score (nSPS) is 18.3. The molecular formula is C23H22Cl2FN3O2S. The number of halogens is 3. The van der Waals surface area contributed by atoms with Crippen molar-refractivity contribution in [3.63, 3.8) is 0 Å². The number of rotatable bonds is 6. The van der Waals surface area contributed by atoms with Crippen LogP contribution in [0.25, 0.3) is 0 Å². The molecule has 1 aromatic heterocycles. The van der Waals surface area contributed by atoms with E-state index in [1.807, 2.05) is 6.07 Å². The van der Waals surface area contributed by atoms with Gasteiger partial charge in [-0.05, 0) is 61.7 Å². The molecule has 4 rings (SSSR count). The molecule has 3 unspecified atom stereocenters. The topological polar surface area (TPSA) is 63.1 Å². The second-order valence-electron chi connectivity index (χ2n) is 8.01. The zero-order chi connectivity index (χ0) is 23.2. The molecule has 2 aromatic carbocycles. The van der Waals surface area contributed by atoms with Crippen molar-refractivity contribution < 1.29 is 8.60 Å². The van der Waals surface area contributed by atoms with E-state index in [9.17, 15) is 13.4 Å². The van der Waals surface area contributed by atoms with E-state index < -0.39 is 16.8 Å². The van der Waals surface area contributed by atoms with Crippen LogP contribution in [-0.2, 0) is 18.0 Å². The van der Waals surface area contributed by atoms with Crippen LogP contribution in [0, 0.1) is 19.7 Å². The van der Waals surface area contributed by atoms with Crippen molar-refractivity contribution in [2.45, 2.75) is 31.4 Å². The number of pyridine rings is 1. The molecule has 32 heavy (non-hydrogen) atoms. The lowest BCUT2D eigenvalue weighted by molar-refractivity contribution is 0.630. The lowest BCUT2D eigenvalue weighted by Gasteiger charge is -2.18. The maximum absolute atomic E-state index is 14.4. The number of hydrogen-bond acceptors (Lipinski definition) is 3. The minimum Gasteiger partial charge on any atom is -0.337 e. The first-order chi connectivity index (χ1) is 15.2. The molecule has 0 spiro atoms. The summed E-state index contributed by atoms with van der Waals surface area (Å²) in [5.41, 5.74) is 2.62. The zero-order valence-electron chi connectivity index (χ0n) is 17.7. The van der Waals surface area contributed by atoms with Gasteiger partial charge in [-0.25, -0.2) is 8.60 Å². The molecule has 0 bridgehead atoms. The lowest BCUT2D eigenvalue weighted by Crippen LogP contribution is -2.24. The van der Waals surface area contributed by atoms with Gasteiger partial charge in [0.2, 0.25) is 0 Å². The largest absolute Gasteiger partial charge is 0.337 e. The Morgan fingerprint density at radius 2 is 1.84 bits per heavy atom. The second-order valence-corrected chi connectivity index (χ2v) is 10.3. The molecule has 3 aromatic rings. The molecule has 1 heterocycles. The quantitative estimate of drug-likeness (QED) is 0.454. The van der Waals surface area contributed by atoms with Crippen molar-refractivity contribution in [2.75, 3.05) is 10.0 Å². The first-order valence-corrected chi connectivity index (χ1v) is 12.0. The van der Waals surface area contributed by atoms with Crippen molar-refractivity contribution in [1.29, 1.82) is 0 Å². The Hall–Kier alpha value is -2.35. The van der Waals surface area contributed by atoms with E-state index in [0.29, 0.717) is 33.5 Å². The molecule has 0 saturated heterocycles. The highest BCUT2D eigenvalue weighted by Gasteiger charge is 2.44. The van der Waals surface area contributed by atoms with E-state index in [4.69, 9.17) is 23.2 Å². The Bertz CT molecular complexity index is 1290. The first-order valence-electron chi connectivity index (χ1n) is 10.0. The van der Waals surface area contributed by atoms with Crippen molar-refractivity contribution in [1.82, 2.24) is 4.57 Å². The van der Waals surface area contributed by atoms with Crippen molar-refractivity contribution in [3.05, 3.63) is 85.4 Å². The van der Waals surface area contributed by atoms with E-state index in [1.165, 1.54) is 10.6 Å². The van der Waals surface area contributed by atoms with Gasteiger partial charge >= 0.3 is 0 Å². The maximum atomic E-state index is 14.4. The third-order valence-corrected chi connectivity index (χ3v) is 7.60. The molecule has 3 atom stereocenters. The Labute approximate surface area is 198 Å². The minimum atomic E-state index is -1.45. The molecule has 9 heteroatoms. The molecule has 0 radical (unpaired) electrons. The number of nitrogens with one attached hydrogen (secondary N) is 2. The van der Waals surface area contributed by atoms with Crippen LogP contribution in [-0.4, -0.2) is 14.0 Å². The molecule has 168 valence electrons. The number of aryl methyl sites for hydroxylation is 2. The summed E-state index contributed by atoms with van der Waals surface area (Å²) >= 11 is 12.3. The van der Waals surface area contributed by atoms with Crippen LogP contribution in [0.15, 0.2) is 47.3 Å². The highest BCUT2D eigenvalue weighted by Crippen LogP contribution is 2.48. The van der Waals surface area contributed by atoms with Gasteiger partial charge < -0.3 is 10.0 Å². The van der Waals surface area contributed by atoms with Gasteiger partial charge in [-0.15, -0.1) is 0 Å². The van der Waals surface area contributed by atoms with Crippen molar-refractivity contribution in [3.8, 4) is 0 Å². The second kappa shape index (κ2) is 8.89. The smallest absolute Gasteiger partial charge is 0.254 e. The predicted octanol–water partition coefficient (Wildman–Crippen LogP) is 5.82. The van der Waals surface area contributed by atoms with E-state index >= 15 is 0 Å². The summed E-state index contributed by atoms with van der Waals surface area (Å²) in [6, 6.07) is 11.7. The summed E-state index contributed by atoms with van der Waals surface area (Å²) in [5, 5.41) is 3.94. The molecule has 5 nitrogen and oxygen atoms in total.